The van der Waals surface area contributed by atoms with Crippen molar-refractivity contribution in [3.8, 4) is 11.4 Å². The first kappa shape index (κ1) is 20.8. The highest BCUT2D eigenvalue weighted by Crippen LogP contribution is 2.26. The molecular formula is C21H19ClF2N2O3. The third kappa shape index (κ3) is 4.92. The molecule has 3 aromatic rings. The zero-order valence-electron chi connectivity index (χ0n) is 15.8. The average Bonchev–Trinajstić information content (AvgIpc) is 3.02. The first-order chi connectivity index (χ1) is 13.7. The zero-order chi connectivity index (χ0) is 21.1. The number of carbonyl (C=O) groups is 1. The van der Waals surface area contributed by atoms with Gasteiger partial charge in [-0.05, 0) is 61.4 Å². The van der Waals surface area contributed by atoms with Gasteiger partial charge in [0.2, 0.25) is 0 Å². The normalized spacial score (nSPS) is 12.0. The van der Waals surface area contributed by atoms with Gasteiger partial charge in [-0.1, -0.05) is 18.5 Å². The number of aromatic nitrogens is 2. The van der Waals surface area contributed by atoms with Crippen molar-refractivity contribution in [3.05, 3.63) is 76.1 Å². The highest BCUT2D eigenvalue weighted by Gasteiger charge is 2.18. The Morgan fingerprint density at radius 3 is 2.41 bits per heavy atom. The summed E-state index contributed by atoms with van der Waals surface area (Å²) in [6, 6.07) is 10.9. The summed E-state index contributed by atoms with van der Waals surface area (Å²) in [6.45, 7) is 3.17. The maximum atomic E-state index is 14.4. The van der Waals surface area contributed by atoms with Crippen molar-refractivity contribution in [2.24, 2.45) is 5.92 Å². The SMILES string of the molecule is Cc1cc(COc2c(F)cc(CC(C)C(=O)O)cc2F)n(-c2ccc(Cl)cc2)n1. The second kappa shape index (κ2) is 8.61. The molecule has 29 heavy (non-hydrogen) atoms. The van der Waals surface area contributed by atoms with Crippen LogP contribution in [0.15, 0.2) is 42.5 Å². The standard InChI is InChI=1S/C21H19ClF2N2O3/c1-12(21(27)28)7-14-9-18(23)20(19(24)10-14)29-11-17-8-13(2)25-26(17)16-5-3-15(22)4-6-16/h3-6,8-10,12H,7,11H2,1-2H3,(H,27,28). The molecule has 1 unspecified atom stereocenters. The van der Waals surface area contributed by atoms with E-state index in [1.807, 2.05) is 0 Å². The molecule has 0 amide bonds. The monoisotopic (exact) mass is 420 g/mol. The van der Waals surface area contributed by atoms with Crippen LogP contribution in [0.2, 0.25) is 5.02 Å². The summed E-state index contributed by atoms with van der Waals surface area (Å²) in [5.74, 6) is -4.06. The Kier molecular flexibility index (Phi) is 6.17. The van der Waals surface area contributed by atoms with Crippen LogP contribution < -0.4 is 4.74 Å². The largest absolute Gasteiger partial charge is 0.481 e. The fourth-order valence-electron chi connectivity index (χ4n) is 2.92. The van der Waals surface area contributed by atoms with Gasteiger partial charge >= 0.3 is 5.97 Å². The van der Waals surface area contributed by atoms with Crippen molar-refractivity contribution >= 4 is 17.6 Å². The van der Waals surface area contributed by atoms with Crippen LogP contribution in [0.3, 0.4) is 0 Å². The molecule has 0 bridgehead atoms. The number of hydrogen-bond acceptors (Lipinski definition) is 3. The van der Waals surface area contributed by atoms with E-state index in [0.717, 1.165) is 23.5 Å². The predicted octanol–water partition coefficient (Wildman–Crippen LogP) is 4.95. The second-order valence-electron chi connectivity index (χ2n) is 6.79. The Labute approximate surface area is 171 Å². The van der Waals surface area contributed by atoms with E-state index in [2.05, 4.69) is 5.10 Å². The molecule has 0 aliphatic heterocycles. The molecule has 0 radical (unpaired) electrons. The van der Waals surface area contributed by atoms with Gasteiger partial charge in [0.25, 0.3) is 0 Å². The van der Waals surface area contributed by atoms with Gasteiger partial charge in [-0.25, -0.2) is 13.5 Å². The summed E-state index contributed by atoms with van der Waals surface area (Å²) < 4.78 is 35.8. The van der Waals surface area contributed by atoms with Gasteiger partial charge < -0.3 is 9.84 Å². The number of rotatable bonds is 7. The zero-order valence-corrected chi connectivity index (χ0v) is 16.6. The van der Waals surface area contributed by atoms with Crippen LogP contribution >= 0.6 is 11.6 Å². The molecule has 0 spiro atoms. The third-order valence-corrected chi connectivity index (χ3v) is 4.61. The Bertz CT molecular complexity index is 1010. The molecule has 0 aliphatic rings. The van der Waals surface area contributed by atoms with Gasteiger partial charge in [-0.3, -0.25) is 4.79 Å². The number of aryl methyl sites for hydroxylation is 1. The molecule has 1 heterocycles. The van der Waals surface area contributed by atoms with Crippen LogP contribution in [0, 0.1) is 24.5 Å². The summed E-state index contributed by atoms with van der Waals surface area (Å²) in [5.41, 5.74) is 2.31. The number of carboxylic acids is 1. The van der Waals surface area contributed by atoms with Gasteiger partial charge in [0.1, 0.15) is 6.61 Å². The number of halogens is 3. The molecule has 0 fully saturated rings. The van der Waals surface area contributed by atoms with E-state index in [-0.39, 0.29) is 18.6 Å². The molecule has 1 aromatic heterocycles. The Balaban J connectivity index is 1.80. The number of ether oxygens (including phenoxy) is 1. The first-order valence-corrected chi connectivity index (χ1v) is 9.27. The summed E-state index contributed by atoms with van der Waals surface area (Å²) >= 11 is 5.91. The molecule has 5 nitrogen and oxygen atoms in total. The Morgan fingerprint density at radius 1 is 1.21 bits per heavy atom. The van der Waals surface area contributed by atoms with Gasteiger partial charge in [0.15, 0.2) is 17.4 Å². The lowest BCUT2D eigenvalue weighted by atomic mass is 10.0. The molecule has 2 aromatic carbocycles. The van der Waals surface area contributed by atoms with Crippen LogP contribution in [0.1, 0.15) is 23.9 Å². The van der Waals surface area contributed by atoms with Crippen molar-refractivity contribution in [2.45, 2.75) is 26.9 Å². The van der Waals surface area contributed by atoms with E-state index < -0.39 is 29.3 Å². The Morgan fingerprint density at radius 2 is 1.83 bits per heavy atom. The molecule has 8 heteroatoms. The number of carboxylic acid groups (broad SMARTS) is 1. The third-order valence-electron chi connectivity index (χ3n) is 4.36. The minimum atomic E-state index is -1.03. The van der Waals surface area contributed by atoms with Gasteiger partial charge in [0.05, 0.1) is 23.0 Å². The van der Waals surface area contributed by atoms with Gasteiger partial charge in [0, 0.05) is 5.02 Å². The highest BCUT2D eigenvalue weighted by atomic mass is 35.5. The van der Waals surface area contributed by atoms with E-state index in [4.69, 9.17) is 21.4 Å². The van der Waals surface area contributed by atoms with Gasteiger partial charge in [-0.2, -0.15) is 5.10 Å². The number of nitrogens with zero attached hydrogens (tertiary/aromatic N) is 2. The molecule has 3 rings (SSSR count). The van der Waals surface area contributed by atoms with E-state index in [1.165, 1.54) is 6.92 Å². The maximum Gasteiger partial charge on any atom is 0.306 e. The lowest BCUT2D eigenvalue weighted by molar-refractivity contribution is -0.141. The number of aliphatic carboxylic acids is 1. The van der Waals surface area contributed by atoms with Crippen LogP contribution in [0.25, 0.3) is 5.69 Å². The molecule has 1 atom stereocenters. The quantitative estimate of drug-likeness (QED) is 0.587. The van der Waals surface area contributed by atoms with E-state index in [0.29, 0.717) is 10.7 Å². The summed E-state index contributed by atoms with van der Waals surface area (Å²) in [5, 5.41) is 13.9. The van der Waals surface area contributed by atoms with Crippen molar-refractivity contribution in [3.63, 3.8) is 0 Å². The van der Waals surface area contributed by atoms with Crippen LogP contribution in [0.4, 0.5) is 8.78 Å². The predicted molar refractivity (Wildman–Crippen MR) is 105 cm³/mol. The van der Waals surface area contributed by atoms with Crippen molar-refractivity contribution in [1.82, 2.24) is 9.78 Å². The average molecular weight is 421 g/mol. The van der Waals surface area contributed by atoms with E-state index in [1.54, 1.807) is 41.9 Å². The van der Waals surface area contributed by atoms with Crippen molar-refractivity contribution in [2.75, 3.05) is 0 Å². The lowest BCUT2D eigenvalue weighted by Gasteiger charge is -2.12. The summed E-state index contributed by atoms with van der Waals surface area (Å²) in [7, 11) is 0. The topological polar surface area (TPSA) is 64.3 Å². The van der Waals surface area contributed by atoms with Crippen molar-refractivity contribution < 1.29 is 23.4 Å². The van der Waals surface area contributed by atoms with Crippen molar-refractivity contribution in [1.29, 1.82) is 0 Å². The van der Waals surface area contributed by atoms with Crippen LogP contribution in [0.5, 0.6) is 5.75 Å². The summed E-state index contributed by atoms with van der Waals surface area (Å²) in [6.07, 6.45) is 0.0198. The molecule has 0 aliphatic carbocycles. The van der Waals surface area contributed by atoms with E-state index >= 15 is 0 Å². The minimum Gasteiger partial charge on any atom is -0.481 e. The molecule has 152 valence electrons. The highest BCUT2D eigenvalue weighted by molar-refractivity contribution is 6.30. The second-order valence-corrected chi connectivity index (χ2v) is 7.22. The molecule has 1 N–H and O–H groups in total. The smallest absolute Gasteiger partial charge is 0.306 e. The fraction of sp³-hybridized carbons (Fsp3) is 0.238. The maximum absolute atomic E-state index is 14.4. The first-order valence-electron chi connectivity index (χ1n) is 8.89. The fourth-order valence-corrected chi connectivity index (χ4v) is 3.04. The molecular weight excluding hydrogens is 402 g/mol. The molecule has 0 saturated heterocycles. The van der Waals surface area contributed by atoms with Crippen LogP contribution in [-0.4, -0.2) is 20.9 Å². The number of benzene rings is 2. The van der Waals surface area contributed by atoms with E-state index in [9.17, 15) is 13.6 Å². The summed E-state index contributed by atoms with van der Waals surface area (Å²) in [4.78, 5) is 10.9. The molecule has 0 saturated carbocycles. The number of hydrogen-bond donors (Lipinski definition) is 1. The lowest BCUT2D eigenvalue weighted by Crippen LogP contribution is -2.13. The minimum absolute atomic E-state index is 0.0198. The Hall–Kier alpha value is -2.93. The van der Waals surface area contributed by atoms with Crippen LogP contribution in [-0.2, 0) is 17.8 Å². The van der Waals surface area contributed by atoms with Gasteiger partial charge in [-0.15, -0.1) is 0 Å².